The lowest BCUT2D eigenvalue weighted by atomic mass is 10.2. The molecule has 6 heteroatoms. The Balaban J connectivity index is 1.89. The third-order valence-corrected chi connectivity index (χ3v) is 4.74. The van der Waals surface area contributed by atoms with Gasteiger partial charge in [0.2, 0.25) is 0 Å². The maximum Gasteiger partial charge on any atom is 0.338 e. The van der Waals surface area contributed by atoms with E-state index in [4.69, 9.17) is 4.74 Å². The van der Waals surface area contributed by atoms with E-state index in [2.05, 4.69) is 29.1 Å². The van der Waals surface area contributed by atoms with Crippen LogP contribution in [-0.4, -0.2) is 22.5 Å². The van der Waals surface area contributed by atoms with Gasteiger partial charge in [-0.1, -0.05) is 0 Å². The number of benzene rings is 1. The number of fused-ring (bicyclic) bond motifs is 1. The quantitative estimate of drug-likeness (QED) is 0.727. The summed E-state index contributed by atoms with van der Waals surface area (Å²) in [6.07, 6.45) is 1.56. The number of hydrogen-bond acceptors (Lipinski definition) is 6. The Morgan fingerprint density at radius 3 is 2.65 bits per heavy atom. The third kappa shape index (κ3) is 3.03. The minimum absolute atomic E-state index is 0.312. The summed E-state index contributed by atoms with van der Waals surface area (Å²) in [6, 6.07) is 7.17. The zero-order chi connectivity index (χ0) is 16.4. The summed E-state index contributed by atoms with van der Waals surface area (Å²) in [6.45, 7) is 6.32. The van der Waals surface area contributed by atoms with Gasteiger partial charge >= 0.3 is 5.97 Å². The van der Waals surface area contributed by atoms with Gasteiger partial charge in [0, 0.05) is 10.6 Å². The molecule has 0 aliphatic heterocycles. The van der Waals surface area contributed by atoms with Gasteiger partial charge in [0.15, 0.2) is 0 Å². The molecule has 0 saturated heterocycles. The predicted octanol–water partition coefficient (Wildman–Crippen LogP) is 4.23. The lowest BCUT2D eigenvalue weighted by Gasteiger charge is -2.08. The van der Waals surface area contributed by atoms with Crippen molar-refractivity contribution in [3.63, 3.8) is 0 Å². The molecule has 0 fully saturated rings. The molecule has 3 aromatic rings. The molecule has 0 atom stereocenters. The van der Waals surface area contributed by atoms with Gasteiger partial charge < -0.3 is 10.1 Å². The first-order valence-corrected chi connectivity index (χ1v) is 8.16. The Labute approximate surface area is 138 Å². The highest BCUT2D eigenvalue weighted by atomic mass is 32.1. The largest absolute Gasteiger partial charge is 0.462 e. The molecule has 0 aliphatic rings. The fourth-order valence-corrected chi connectivity index (χ4v) is 3.31. The number of esters is 1. The van der Waals surface area contributed by atoms with E-state index in [1.54, 1.807) is 36.7 Å². The number of carbonyl (C=O) groups excluding carboxylic acids is 1. The first kappa shape index (κ1) is 15.4. The molecule has 0 spiro atoms. The van der Waals surface area contributed by atoms with Crippen LogP contribution in [0.1, 0.15) is 27.7 Å². The van der Waals surface area contributed by atoms with Crippen LogP contribution in [0.15, 0.2) is 30.6 Å². The van der Waals surface area contributed by atoms with Crippen molar-refractivity contribution < 1.29 is 9.53 Å². The average Bonchev–Trinajstić information content (AvgIpc) is 2.84. The number of anilines is 2. The van der Waals surface area contributed by atoms with Crippen molar-refractivity contribution in [3.8, 4) is 0 Å². The van der Waals surface area contributed by atoms with Gasteiger partial charge in [0.05, 0.1) is 17.6 Å². The molecular formula is C17H17N3O2S. The molecule has 5 nitrogen and oxygen atoms in total. The molecule has 2 aromatic heterocycles. The minimum Gasteiger partial charge on any atom is -0.462 e. The number of carbonyl (C=O) groups is 1. The topological polar surface area (TPSA) is 64.1 Å². The Bertz CT molecular complexity index is 856. The maximum atomic E-state index is 11.7. The van der Waals surface area contributed by atoms with Crippen LogP contribution in [0, 0.1) is 13.8 Å². The predicted molar refractivity (Wildman–Crippen MR) is 92.6 cm³/mol. The van der Waals surface area contributed by atoms with Gasteiger partial charge in [-0.3, -0.25) is 0 Å². The molecule has 1 aromatic carbocycles. The highest BCUT2D eigenvalue weighted by Crippen LogP contribution is 2.33. The van der Waals surface area contributed by atoms with E-state index in [9.17, 15) is 4.79 Å². The number of hydrogen-bond donors (Lipinski definition) is 1. The first-order valence-electron chi connectivity index (χ1n) is 7.35. The Morgan fingerprint density at radius 2 is 1.96 bits per heavy atom. The summed E-state index contributed by atoms with van der Waals surface area (Å²) >= 11 is 1.66. The molecule has 0 unspecified atom stereocenters. The highest BCUT2D eigenvalue weighted by Gasteiger charge is 2.12. The Morgan fingerprint density at radius 1 is 1.22 bits per heavy atom. The summed E-state index contributed by atoms with van der Waals surface area (Å²) in [4.78, 5) is 22.6. The zero-order valence-electron chi connectivity index (χ0n) is 13.2. The van der Waals surface area contributed by atoms with E-state index in [0.29, 0.717) is 12.2 Å². The monoisotopic (exact) mass is 327 g/mol. The second-order valence-electron chi connectivity index (χ2n) is 5.11. The molecule has 0 saturated carbocycles. The normalized spacial score (nSPS) is 10.7. The zero-order valence-corrected chi connectivity index (χ0v) is 14.0. The van der Waals surface area contributed by atoms with Crippen molar-refractivity contribution in [2.45, 2.75) is 20.8 Å². The van der Waals surface area contributed by atoms with Gasteiger partial charge in [-0.2, -0.15) is 0 Å². The van der Waals surface area contributed by atoms with E-state index >= 15 is 0 Å². The highest BCUT2D eigenvalue weighted by molar-refractivity contribution is 7.18. The fourth-order valence-electron chi connectivity index (χ4n) is 2.32. The average molecular weight is 327 g/mol. The van der Waals surface area contributed by atoms with Gasteiger partial charge in [-0.25, -0.2) is 14.8 Å². The molecule has 23 heavy (non-hydrogen) atoms. The van der Waals surface area contributed by atoms with Crippen molar-refractivity contribution in [2.75, 3.05) is 11.9 Å². The SMILES string of the molecule is CCOC(=O)c1ccc(Nc2ncnc3sc(C)c(C)c23)cc1. The van der Waals surface area contributed by atoms with Crippen LogP contribution in [0.25, 0.3) is 10.2 Å². The van der Waals surface area contributed by atoms with E-state index < -0.39 is 0 Å². The number of nitrogens with one attached hydrogen (secondary N) is 1. The molecule has 1 N–H and O–H groups in total. The number of aryl methyl sites for hydroxylation is 2. The Hall–Kier alpha value is -2.47. The third-order valence-electron chi connectivity index (χ3n) is 3.62. The van der Waals surface area contributed by atoms with Crippen molar-refractivity contribution in [1.82, 2.24) is 9.97 Å². The first-order chi connectivity index (χ1) is 11.1. The molecule has 118 valence electrons. The van der Waals surface area contributed by atoms with Gasteiger partial charge in [0.25, 0.3) is 0 Å². The van der Waals surface area contributed by atoms with Crippen molar-refractivity contribution >= 4 is 39.0 Å². The van der Waals surface area contributed by atoms with Crippen LogP contribution >= 0.6 is 11.3 Å². The van der Waals surface area contributed by atoms with E-state index in [0.717, 1.165) is 21.7 Å². The lowest BCUT2D eigenvalue weighted by molar-refractivity contribution is 0.0526. The number of nitrogens with zero attached hydrogens (tertiary/aromatic N) is 2. The van der Waals surface area contributed by atoms with Crippen LogP contribution in [0.2, 0.25) is 0 Å². The number of thiophene rings is 1. The number of rotatable bonds is 4. The molecule has 3 rings (SSSR count). The molecular weight excluding hydrogens is 310 g/mol. The molecule has 0 radical (unpaired) electrons. The van der Waals surface area contributed by atoms with Gasteiger partial charge in [0.1, 0.15) is 17.0 Å². The number of aromatic nitrogens is 2. The summed E-state index contributed by atoms with van der Waals surface area (Å²) in [5.74, 6) is 0.466. The van der Waals surface area contributed by atoms with Crippen LogP contribution in [0.4, 0.5) is 11.5 Å². The van der Waals surface area contributed by atoms with Crippen LogP contribution in [-0.2, 0) is 4.74 Å². The van der Waals surface area contributed by atoms with Crippen molar-refractivity contribution in [2.24, 2.45) is 0 Å². The maximum absolute atomic E-state index is 11.7. The molecule has 0 amide bonds. The molecule has 0 bridgehead atoms. The molecule has 0 aliphatic carbocycles. The summed E-state index contributed by atoms with van der Waals surface area (Å²) in [5, 5.41) is 4.35. The fraction of sp³-hybridized carbons (Fsp3) is 0.235. The van der Waals surface area contributed by atoms with Crippen LogP contribution in [0.3, 0.4) is 0 Å². The summed E-state index contributed by atoms with van der Waals surface area (Å²) in [5.41, 5.74) is 2.59. The van der Waals surface area contributed by atoms with E-state index in [1.165, 1.54) is 10.4 Å². The van der Waals surface area contributed by atoms with Gasteiger partial charge in [-0.15, -0.1) is 11.3 Å². The second kappa shape index (κ2) is 6.34. The smallest absolute Gasteiger partial charge is 0.338 e. The summed E-state index contributed by atoms with van der Waals surface area (Å²) in [7, 11) is 0. The lowest BCUT2D eigenvalue weighted by Crippen LogP contribution is -2.04. The van der Waals surface area contributed by atoms with Gasteiger partial charge in [-0.05, 0) is 50.6 Å². The number of ether oxygens (including phenoxy) is 1. The van der Waals surface area contributed by atoms with E-state index in [1.807, 2.05) is 12.1 Å². The van der Waals surface area contributed by atoms with Crippen molar-refractivity contribution in [3.05, 3.63) is 46.6 Å². The Kier molecular flexibility index (Phi) is 4.25. The van der Waals surface area contributed by atoms with Crippen LogP contribution < -0.4 is 5.32 Å². The van der Waals surface area contributed by atoms with E-state index in [-0.39, 0.29) is 5.97 Å². The standard InChI is InChI=1S/C17H17N3O2S/c1-4-22-17(21)12-5-7-13(8-6-12)20-15-14-10(2)11(3)23-16(14)19-9-18-15/h5-9H,4H2,1-3H3,(H,18,19,20). The summed E-state index contributed by atoms with van der Waals surface area (Å²) < 4.78 is 4.98. The molecule has 2 heterocycles. The minimum atomic E-state index is -0.312. The second-order valence-corrected chi connectivity index (χ2v) is 6.31. The van der Waals surface area contributed by atoms with Crippen LogP contribution in [0.5, 0.6) is 0 Å². The van der Waals surface area contributed by atoms with Crippen molar-refractivity contribution in [1.29, 1.82) is 0 Å².